The van der Waals surface area contributed by atoms with E-state index in [-0.39, 0.29) is 0 Å². The summed E-state index contributed by atoms with van der Waals surface area (Å²) in [4.78, 5) is 0. The minimum Gasteiger partial charge on any atom is -0.196 e. The van der Waals surface area contributed by atoms with Crippen LogP contribution in [-0.4, -0.2) is 0 Å². The molecule has 0 N–H and O–H groups in total. The first-order valence-electron chi connectivity index (χ1n) is 11.1. The van der Waals surface area contributed by atoms with Crippen LogP contribution < -0.4 is 0 Å². The summed E-state index contributed by atoms with van der Waals surface area (Å²) in [5.74, 6) is -1.77. The Labute approximate surface area is 210 Å². The summed E-state index contributed by atoms with van der Waals surface area (Å²) in [6.45, 7) is 7.53. The quantitative estimate of drug-likeness (QED) is 0.466. The second kappa shape index (κ2) is 8.27. The maximum Gasteiger partial charge on any atom is 0.186 e. The van der Waals surface area contributed by atoms with Crippen LogP contribution in [0, 0.1) is 136 Å². The van der Waals surface area contributed by atoms with Gasteiger partial charge in [-0.25, -0.2) is 0 Å². The van der Waals surface area contributed by atoms with Gasteiger partial charge >= 0.3 is 0 Å². The van der Waals surface area contributed by atoms with Crippen LogP contribution >= 0.6 is 0 Å². The molecule has 0 aliphatic heterocycles. The summed E-state index contributed by atoms with van der Waals surface area (Å²) in [6.07, 6.45) is 7.14. The lowest BCUT2D eigenvalue weighted by Crippen LogP contribution is -2.41. The van der Waals surface area contributed by atoms with E-state index in [1.54, 1.807) is 24.3 Å². The van der Waals surface area contributed by atoms with Crippen LogP contribution in [0.4, 0.5) is 0 Å². The predicted octanol–water partition coefficient (Wildman–Crippen LogP) is 4.41. The van der Waals surface area contributed by atoms with Gasteiger partial charge in [0.1, 0.15) is 0 Å². The van der Waals surface area contributed by atoms with Gasteiger partial charge in [-0.3, -0.25) is 0 Å². The normalized spacial score (nSPS) is 28.9. The molecule has 4 aliphatic carbocycles. The molecule has 4 aliphatic rings. The Morgan fingerprint density at radius 1 is 0.444 bits per heavy atom. The maximum absolute atomic E-state index is 9.40. The zero-order valence-electron chi connectivity index (χ0n) is 20.2. The van der Waals surface area contributed by atoms with Crippen molar-refractivity contribution < 1.29 is 0 Å². The monoisotopic (exact) mass is 468 g/mol. The molecule has 4 atom stereocenters. The number of fused-ring (bicyclic) bond motifs is 4. The zero-order chi connectivity index (χ0) is 27.1. The molecule has 2 fully saturated rings. The van der Waals surface area contributed by atoms with E-state index < -0.39 is 45.3 Å². The van der Waals surface area contributed by atoms with E-state index in [1.807, 2.05) is 76.2 Å². The van der Waals surface area contributed by atoms with E-state index in [0.29, 0.717) is 0 Å². The van der Waals surface area contributed by atoms with Crippen LogP contribution in [0.25, 0.3) is 0 Å². The Kier molecular flexibility index (Phi) is 5.86. The molecule has 0 heterocycles. The lowest BCUT2D eigenvalue weighted by Gasteiger charge is -2.30. The topological polar surface area (TPSA) is 190 Å². The van der Waals surface area contributed by atoms with Crippen molar-refractivity contribution in [3.63, 3.8) is 0 Å². The average Bonchev–Trinajstić information content (AvgIpc) is 3.63. The third-order valence-electron chi connectivity index (χ3n) is 8.01. The molecule has 4 bridgehead atoms. The third-order valence-corrected chi connectivity index (χ3v) is 8.01. The predicted molar refractivity (Wildman–Crippen MR) is 124 cm³/mol. The van der Waals surface area contributed by atoms with Crippen molar-refractivity contribution in [1.29, 1.82) is 42.1 Å². The molecular weight excluding hydrogens is 448 g/mol. The van der Waals surface area contributed by atoms with Crippen LogP contribution in [0.1, 0.15) is 27.7 Å². The van der Waals surface area contributed by atoms with Crippen LogP contribution in [0.5, 0.6) is 0 Å². The van der Waals surface area contributed by atoms with Crippen molar-refractivity contribution in [2.24, 2.45) is 45.3 Å². The van der Waals surface area contributed by atoms with Crippen LogP contribution in [0.15, 0.2) is 46.6 Å². The van der Waals surface area contributed by atoms with Gasteiger partial charge in [0.25, 0.3) is 0 Å². The molecule has 0 aromatic heterocycles. The van der Waals surface area contributed by atoms with Crippen LogP contribution in [-0.2, 0) is 0 Å². The van der Waals surface area contributed by atoms with E-state index in [4.69, 9.17) is 0 Å². The fraction of sp³-hybridized carbons (Fsp3) is 0.429. The van der Waals surface area contributed by atoms with E-state index in [9.17, 15) is 42.1 Å². The van der Waals surface area contributed by atoms with Gasteiger partial charge in [0.05, 0.1) is 48.6 Å². The molecule has 2 saturated carbocycles. The molecule has 36 heavy (non-hydrogen) atoms. The molecule has 4 rings (SSSR count). The van der Waals surface area contributed by atoms with Crippen molar-refractivity contribution in [2.75, 3.05) is 0 Å². The molecular formula is C28H20N8. The first-order chi connectivity index (χ1) is 17.1. The summed E-state index contributed by atoms with van der Waals surface area (Å²) < 4.78 is 0. The van der Waals surface area contributed by atoms with Crippen molar-refractivity contribution in [3.8, 4) is 48.6 Å². The summed E-state index contributed by atoms with van der Waals surface area (Å²) in [7, 11) is 0. The molecule has 0 unspecified atom stereocenters. The standard InChI is InChI=1S/2C14H10N4/c2*1-9(2)12-10-3-4-11(12)14(7-17,8-18)13(10,5-15)6-16/h2*3-4,10-11H,1-2H3/t2*10-,11+. The molecule has 0 spiro atoms. The van der Waals surface area contributed by atoms with Gasteiger partial charge in [-0.2, -0.15) is 42.1 Å². The Morgan fingerprint density at radius 3 is 0.722 bits per heavy atom. The first-order valence-corrected chi connectivity index (χ1v) is 11.1. The van der Waals surface area contributed by atoms with Crippen molar-refractivity contribution in [1.82, 2.24) is 0 Å². The second-order valence-electron chi connectivity index (χ2n) is 9.72. The number of nitrogens with zero attached hydrogens (tertiary/aromatic N) is 8. The van der Waals surface area contributed by atoms with E-state index in [1.165, 1.54) is 0 Å². The number of hydrogen-bond acceptors (Lipinski definition) is 8. The minimum absolute atomic E-state index is 0.443. The van der Waals surface area contributed by atoms with Crippen LogP contribution in [0.3, 0.4) is 0 Å². The molecule has 0 aromatic rings. The highest BCUT2D eigenvalue weighted by Crippen LogP contribution is 2.67. The van der Waals surface area contributed by atoms with Gasteiger partial charge in [-0.1, -0.05) is 46.6 Å². The lowest BCUT2D eigenvalue weighted by atomic mass is 9.61. The third kappa shape index (κ3) is 2.49. The smallest absolute Gasteiger partial charge is 0.186 e. The summed E-state index contributed by atoms with van der Waals surface area (Å²) >= 11 is 0. The highest BCUT2D eigenvalue weighted by atomic mass is 14.7. The maximum atomic E-state index is 9.40. The summed E-state index contributed by atoms with van der Waals surface area (Å²) in [5.41, 5.74) is -2.69. The molecule has 0 aromatic carbocycles. The SMILES string of the molecule is CC(C)=C1[C@H]2C=C[C@@H]1C(C#N)(C#N)C2(C#N)C#N.CC(C)=C1[C@H]2C=C[C@@H]1C(C#N)(C#N)C2(C#N)C#N. The van der Waals surface area contributed by atoms with Gasteiger partial charge in [0, 0.05) is 23.7 Å². The molecule has 8 heteroatoms. The molecule has 0 amide bonds. The average molecular weight is 469 g/mol. The van der Waals surface area contributed by atoms with Crippen LogP contribution in [0.2, 0.25) is 0 Å². The Morgan fingerprint density at radius 2 is 0.611 bits per heavy atom. The van der Waals surface area contributed by atoms with Crippen molar-refractivity contribution in [2.45, 2.75) is 27.7 Å². The highest BCUT2D eigenvalue weighted by molar-refractivity contribution is 5.57. The second-order valence-corrected chi connectivity index (χ2v) is 9.72. The van der Waals surface area contributed by atoms with E-state index in [0.717, 1.165) is 22.3 Å². The molecule has 8 nitrogen and oxygen atoms in total. The Balaban J connectivity index is 0.000000201. The number of rotatable bonds is 0. The molecule has 0 saturated heterocycles. The fourth-order valence-corrected chi connectivity index (χ4v) is 6.34. The fourth-order valence-electron chi connectivity index (χ4n) is 6.34. The first kappa shape index (κ1) is 25.5. The van der Waals surface area contributed by atoms with Gasteiger partial charge < -0.3 is 0 Å². The molecule has 0 radical (unpaired) electrons. The van der Waals surface area contributed by atoms with E-state index in [2.05, 4.69) is 0 Å². The Bertz CT molecular complexity index is 1230. The Hall–Kier alpha value is -5.12. The van der Waals surface area contributed by atoms with Crippen molar-refractivity contribution in [3.05, 3.63) is 46.6 Å². The van der Waals surface area contributed by atoms with Gasteiger partial charge in [-0.05, 0) is 27.7 Å². The summed E-state index contributed by atoms with van der Waals surface area (Å²) in [5, 5.41) is 75.2. The highest BCUT2D eigenvalue weighted by Gasteiger charge is 2.72. The number of allylic oxidation sites excluding steroid dienone is 8. The van der Waals surface area contributed by atoms with Gasteiger partial charge in [-0.15, -0.1) is 0 Å². The number of hydrogen-bond donors (Lipinski definition) is 0. The van der Waals surface area contributed by atoms with Crippen molar-refractivity contribution >= 4 is 0 Å². The molecule has 172 valence electrons. The zero-order valence-corrected chi connectivity index (χ0v) is 20.2. The minimum atomic E-state index is -1.59. The largest absolute Gasteiger partial charge is 0.196 e. The van der Waals surface area contributed by atoms with Gasteiger partial charge in [0.15, 0.2) is 21.7 Å². The number of nitriles is 8. The lowest BCUT2D eigenvalue weighted by molar-refractivity contribution is 0.276. The van der Waals surface area contributed by atoms with E-state index >= 15 is 0 Å². The summed E-state index contributed by atoms with van der Waals surface area (Å²) in [6, 6.07) is 15.6. The van der Waals surface area contributed by atoms with Gasteiger partial charge in [0.2, 0.25) is 0 Å².